The second-order valence-electron chi connectivity index (χ2n) is 5.80. The van der Waals surface area contributed by atoms with Gasteiger partial charge in [0.1, 0.15) is 0 Å². The molecule has 0 radical (unpaired) electrons. The van der Waals surface area contributed by atoms with Crippen LogP contribution in [0.1, 0.15) is 9.67 Å². The Kier molecular flexibility index (Phi) is 4.68. The van der Waals surface area contributed by atoms with Crippen LogP contribution in [0.25, 0.3) is 21.2 Å². The zero-order valence-electron chi connectivity index (χ0n) is 13.5. The van der Waals surface area contributed by atoms with Gasteiger partial charge >= 0.3 is 0 Å². The lowest BCUT2D eigenvalue weighted by molar-refractivity contribution is 0.103. The number of nitrogens with one attached hydrogen (secondary N) is 1. The highest BCUT2D eigenvalue weighted by Crippen LogP contribution is 2.32. The maximum atomic E-state index is 12.5. The van der Waals surface area contributed by atoms with E-state index in [4.69, 9.17) is 23.2 Å². The first kappa shape index (κ1) is 17.1. The topological polar surface area (TPSA) is 29.1 Å². The number of hydrogen-bond acceptors (Lipinski definition) is 2. The number of carbonyl (C=O) groups is 1. The Morgan fingerprint density at radius 2 is 1.65 bits per heavy atom. The van der Waals surface area contributed by atoms with Gasteiger partial charge in [-0.3, -0.25) is 4.79 Å². The van der Waals surface area contributed by atoms with Crippen molar-refractivity contribution in [3.63, 3.8) is 0 Å². The van der Waals surface area contributed by atoms with Crippen molar-refractivity contribution in [3.8, 4) is 10.4 Å². The molecule has 5 heteroatoms. The zero-order valence-corrected chi connectivity index (χ0v) is 15.8. The molecule has 0 spiro atoms. The van der Waals surface area contributed by atoms with E-state index in [1.54, 1.807) is 18.2 Å². The summed E-state index contributed by atoms with van der Waals surface area (Å²) in [6.07, 6.45) is 0. The van der Waals surface area contributed by atoms with E-state index >= 15 is 0 Å². The molecule has 2 nitrogen and oxygen atoms in total. The molecule has 128 valence electrons. The van der Waals surface area contributed by atoms with Gasteiger partial charge in [-0.15, -0.1) is 11.3 Å². The van der Waals surface area contributed by atoms with E-state index in [1.807, 2.05) is 24.3 Å². The van der Waals surface area contributed by atoms with Crippen LogP contribution in [0.15, 0.2) is 72.8 Å². The lowest BCUT2D eigenvalue weighted by atomic mass is 10.1. The Hall–Kier alpha value is -2.33. The predicted octanol–water partition coefficient (Wildman–Crippen LogP) is 7.13. The fraction of sp³-hybridized carbons (Fsp3) is 0. The standard InChI is InChI=1S/C21H13Cl2NOS/c22-16-7-8-17(23)18(12-16)24-21(25)20-10-9-19(26-20)15-6-5-13-3-1-2-4-14(13)11-15/h1-12H,(H,24,25). The van der Waals surface area contributed by atoms with Crippen molar-refractivity contribution in [2.24, 2.45) is 0 Å². The highest BCUT2D eigenvalue weighted by molar-refractivity contribution is 7.17. The van der Waals surface area contributed by atoms with Crippen molar-refractivity contribution in [1.82, 2.24) is 0 Å². The summed E-state index contributed by atoms with van der Waals surface area (Å²) in [6, 6.07) is 23.3. The van der Waals surface area contributed by atoms with Gasteiger partial charge in [0, 0.05) is 9.90 Å². The molecule has 1 N–H and O–H groups in total. The molecular weight excluding hydrogens is 385 g/mol. The summed E-state index contributed by atoms with van der Waals surface area (Å²) in [5.41, 5.74) is 1.60. The minimum atomic E-state index is -0.203. The summed E-state index contributed by atoms with van der Waals surface area (Å²) in [5.74, 6) is -0.203. The van der Waals surface area contributed by atoms with E-state index in [0.717, 1.165) is 10.4 Å². The Morgan fingerprint density at radius 1 is 0.846 bits per heavy atom. The van der Waals surface area contributed by atoms with Gasteiger partial charge in [0.05, 0.1) is 15.6 Å². The number of rotatable bonds is 3. The van der Waals surface area contributed by atoms with Gasteiger partial charge in [-0.1, -0.05) is 59.6 Å². The van der Waals surface area contributed by atoms with Gasteiger partial charge < -0.3 is 5.32 Å². The maximum absolute atomic E-state index is 12.5. The van der Waals surface area contributed by atoms with E-state index in [-0.39, 0.29) is 5.91 Å². The van der Waals surface area contributed by atoms with Crippen LogP contribution in [-0.2, 0) is 0 Å². The van der Waals surface area contributed by atoms with Gasteiger partial charge in [0.15, 0.2) is 0 Å². The average molecular weight is 398 g/mol. The maximum Gasteiger partial charge on any atom is 0.265 e. The van der Waals surface area contributed by atoms with E-state index < -0.39 is 0 Å². The van der Waals surface area contributed by atoms with Crippen LogP contribution in [0.5, 0.6) is 0 Å². The number of benzene rings is 3. The van der Waals surface area contributed by atoms with Crippen molar-refractivity contribution in [1.29, 1.82) is 0 Å². The number of thiophene rings is 1. The van der Waals surface area contributed by atoms with E-state index in [1.165, 1.54) is 22.1 Å². The molecular formula is C21H13Cl2NOS. The van der Waals surface area contributed by atoms with Crippen molar-refractivity contribution < 1.29 is 4.79 Å². The van der Waals surface area contributed by atoms with Crippen LogP contribution < -0.4 is 5.32 Å². The molecule has 0 saturated heterocycles. The molecule has 1 amide bonds. The molecule has 3 aromatic carbocycles. The second kappa shape index (κ2) is 7.12. The molecule has 0 aliphatic heterocycles. The molecule has 0 aliphatic rings. The SMILES string of the molecule is O=C(Nc1cc(Cl)ccc1Cl)c1ccc(-c2ccc3ccccc3c2)s1. The fourth-order valence-corrected chi connectivity index (χ4v) is 3.97. The smallest absolute Gasteiger partial charge is 0.265 e. The Balaban J connectivity index is 1.60. The predicted molar refractivity (Wildman–Crippen MR) is 112 cm³/mol. The largest absolute Gasteiger partial charge is 0.320 e. The summed E-state index contributed by atoms with van der Waals surface area (Å²) < 4.78 is 0. The zero-order chi connectivity index (χ0) is 18.1. The number of carbonyl (C=O) groups excluding carboxylic acids is 1. The monoisotopic (exact) mass is 397 g/mol. The highest BCUT2D eigenvalue weighted by Gasteiger charge is 2.13. The van der Waals surface area contributed by atoms with Gasteiger partial charge in [-0.2, -0.15) is 0 Å². The van der Waals surface area contributed by atoms with Crippen LogP contribution in [0, 0.1) is 0 Å². The van der Waals surface area contributed by atoms with Gasteiger partial charge in [0.25, 0.3) is 5.91 Å². The molecule has 0 bridgehead atoms. The summed E-state index contributed by atoms with van der Waals surface area (Å²) >= 11 is 13.5. The molecule has 1 heterocycles. The lowest BCUT2D eigenvalue weighted by Crippen LogP contribution is -2.10. The molecule has 0 aliphatic carbocycles. The third-order valence-corrected chi connectivity index (χ3v) is 5.74. The summed E-state index contributed by atoms with van der Waals surface area (Å²) in [5, 5.41) is 6.16. The molecule has 0 fully saturated rings. The number of halogens is 2. The molecule has 26 heavy (non-hydrogen) atoms. The molecule has 4 aromatic rings. The van der Waals surface area contributed by atoms with Crippen LogP contribution >= 0.6 is 34.5 Å². The first-order valence-corrected chi connectivity index (χ1v) is 9.53. The highest BCUT2D eigenvalue weighted by atomic mass is 35.5. The molecule has 0 saturated carbocycles. The summed E-state index contributed by atoms with van der Waals surface area (Å²) in [7, 11) is 0. The minimum absolute atomic E-state index is 0.203. The number of fused-ring (bicyclic) bond motifs is 1. The summed E-state index contributed by atoms with van der Waals surface area (Å²) in [6.45, 7) is 0. The Bertz CT molecular complexity index is 1120. The molecule has 1 aromatic heterocycles. The minimum Gasteiger partial charge on any atom is -0.320 e. The van der Waals surface area contributed by atoms with E-state index in [2.05, 4.69) is 35.6 Å². The first-order valence-electron chi connectivity index (χ1n) is 7.95. The van der Waals surface area contributed by atoms with Crippen LogP contribution in [0.2, 0.25) is 10.0 Å². The van der Waals surface area contributed by atoms with Crippen LogP contribution in [-0.4, -0.2) is 5.91 Å². The first-order chi connectivity index (χ1) is 12.6. The molecule has 0 unspecified atom stereocenters. The second-order valence-corrected chi connectivity index (χ2v) is 7.73. The fourth-order valence-electron chi connectivity index (χ4n) is 2.73. The molecule has 0 atom stereocenters. The number of hydrogen-bond donors (Lipinski definition) is 1. The van der Waals surface area contributed by atoms with Crippen LogP contribution in [0.3, 0.4) is 0 Å². The van der Waals surface area contributed by atoms with Crippen molar-refractivity contribution in [2.75, 3.05) is 5.32 Å². The average Bonchev–Trinajstić information content (AvgIpc) is 3.14. The summed E-state index contributed by atoms with van der Waals surface area (Å²) in [4.78, 5) is 14.2. The third kappa shape index (κ3) is 3.47. The van der Waals surface area contributed by atoms with E-state index in [0.29, 0.717) is 20.6 Å². The van der Waals surface area contributed by atoms with E-state index in [9.17, 15) is 4.79 Å². The molecule has 4 rings (SSSR count). The van der Waals surface area contributed by atoms with Gasteiger partial charge in [-0.25, -0.2) is 0 Å². The lowest BCUT2D eigenvalue weighted by Gasteiger charge is -2.06. The van der Waals surface area contributed by atoms with Crippen molar-refractivity contribution in [2.45, 2.75) is 0 Å². The van der Waals surface area contributed by atoms with Gasteiger partial charge in [-0.05, 0) is 52.7 Å². The Morgan fingerprint density at radius 3 is 2.50 bits per heavy atom. The van der Waals surface area contributed by atoms with Crippen molar-refractivity contribution >= 4 is 56.9 Å². The third-order valence-electron chi connectivity index (χ3n) is 4.04. The Labute approximate surface area is 165 Å². The normalized spacial score (nSPS) is 10.8. The van der Waals surface area contributed by atoms with Crippen LogP contribution in [0.4, 0.5) is 5.69 Å². The number of amides is 1. The number of anilines is 1. The quantitative estimate of drug-likeness (QED) is 0.391. The van der Waals surface area contributed by atoms with Crippen molar-refractivity contribution in [3.05, 3.63) is 87.7 Å². The van der Waals surface area contributed by atoms with Gasteiger partial charge in [0.2, 0.25) is 0 Å².